The lowest BCUT2D eigenvalue weighted by atomic mass is 10.1. The monoisotopic (exact) mass is 452 g/mol. The molecule has 1 aliphatic rings. The van der Waals surface area contributed by atoms with E-state index in [9.17, 15) is 18.0 Å². The smallest absolute Gasteiger partial charge is 0.263 e. The summed E-state index contributed by atoms with van der Waals surface area (Å²) in [6.45, 7) is 3.11. The predicted molar refractivity (Wildman–Crippen MR) is 120 cm³/mol. The van der Waals surface area contributed by atoms with Gasteiger partial charge in [-0.15, -0.1) is 0 Å². The number of carbonyl (C=O) groups excluding carboxylic acids is 1. The molecule has 3 aromatic rings. The maximum absolute atomic E-state index is 13.0. The summed E-state index contributed by atoms with van der Waals surface area (Å²) in [4.78, 5) is 31.5. The molecule has 0 unspecified atom stereocenters. The van der Waals surface area contributed by atoms with Gasteiger partial charge < -0.3 is 9.47 Å². The van der Waals surface area contributed by atoms with E-state index in [0.29, 0.717) is 6.54 Å². The van der Waals surface area contributed by atoms with Crippen molar-refractivity contribution in [2.24, 2.45) is 0 Å². The number of sulfonamides is 1. The molecule has 0 atom stereocenters. The molecule has 0 bridgehead atoms. The van der Waals surface area contributed by atoms with Crippen LogP contribution in [-0.4, -0.2) is 59.3 Å². The van der Waals surface area contributed by atoms with Gasteiger partial charge in [-0.1, -0.05) is 29.8 Å². The molecule has 32 heavy (non-hydrogen) atoms. The van der Waals surface area contributed by atoms with Crippen LogP contribution in [-0.2, 0) is 16.6 Å². The first kappa shape index (κ1) is 21.9. The number of aryl methyl sites for hydroxylation is 1. The Labute approximate surface area is 186 Å². The number of rotatable bonds is 5. The van der Waals surface area contributed by atoms with Crippen LogP contribution in [0.25, 0.3) is 0 Å². The van der Waals surface area contributed by atoms with E-state index in [1.165, 1.54) is 38.3 Å². The third-order valence-electron chi connectivity index (χ3n) is 5.48. The van der Waals surface area contributed by atoms with Gasteiger partial charge >= 0.3 is 0 Å². The maximum atomic E-state index is 13.0. The van der Waals surface area contributed by atoms with E-state index in [0.717, 1.165) is 11.1 Å². The molecule has 2 aromatic heterocycles. The average molecular weight is 453 g/mol. The van der Waals surface area contributed by atoms with Crippen LogP contribution in [0, 0.1) is 6.92 Å². The van der Waals surface area contributed by atoms with E-state index in [-0.39, 0.29) is 48.1 Å². The molecular formula is C23H24N4O4S. The zero-order valence-electron chi connectivity index (χ0n) is 17.7. The van der Waals surface area contributed by atoms with Gasteiger partial charge in [0.05, 0.1) is 6.54 Å². The lowest BCUT2D eigenvalue weighted by molar-refractivity contribution is 0.0695. The van der Waals surface area contributed by atoms with Gasteiger partial charge in [0.2, 0.25) is 10.0 Å². The topological polar surface area (TPSA) is 92.6 Å². The zero-order valence-corrected chi connectivity index (χ0v) is 18.5. The van der Waals surface area contributed by atoms with Crippen LogP contribution in [0.5, 0.6) is 0 Å². The second kappa shape index (κ2) is 9.05. The molecule has 1 aromatic carbocycles. The van der Waals surface area contributed by atoms with Crippen molar-refractivity contribution in [1.82, 2.24) is 18.8 Å². The highest BCUT2D eigenvalue weighted by molar-refractivity contribution is 7.89. The Balaban J connectivity index is 1.47. The van der Waals surface area contributed by atoms with Crippen molar-refractivity contribution in [3.05, 3.63) is 94.2 Å². The predicted octanol–water partition coefficient (Wildman–Crippen LogP) is 1.75. The van der Waals surface area contributed by atoms with Crippen LogP contribution in [0.1, 0.15) is 21.5 Å². The highest BCUT2D eigenvalue weighted by Gasteiger charge is 2.31. The van der Waals surface area contributed by atoms with Gasteiger partial charge in [0.25, 0.3) is 11.5 Å². The number of pyridine rings is 2. The Bertz CT molecular complexity index is 1280. The Kier molecular flexibility index (Phi) is 6.20. The number of hydrogen-bond donors (Lipinski definition) is 0. The molecule has 1 fully saturated rings. The van der Waals surface area contributed by atoms with Gasteiger partial charge in [-0.05, 0) is 36.8 Å². The number of hydrogen-bond acceptors (Lipinski definition) is 5. The van der Waals surface area contributed by atoms with Gasteiger partial charge in [-0.3, -0.25) is 14.6 Å². The largest absolute Gasteiger partial charge is 0.336 e. The summed E-state index contributed by atoms with van der Waals surface area (Å²) >= 11 is 0. The van der Waals surface area contributed by atoms with Crippen molar-refractivity contribution in [2.45, 2.75) is 18.4 Å². The number of piperazine rings is 1. The second-order valence-electron chi connectivity index (χ2n) is 7.73. The minimum atomic E-state index is -3.66. The third-order valence-corrected chi connectivity index (χ3v) is 7.37. The molecule has 4 rings (SSSR count). The first-order valence-corrected chi connectivity index (χ1v) is 11.7. The highest BCUT2D eigenvalue weighted by atomic mass is 32.2. The zero-order chi connectivity index (χ0) is 22.7. The standard InChI is InChI=1S/C23H24N4O4S/c1-18-5-2-6-19(15-18)17-26-10-4-8-21(23(26)29)22(28)25-11-13-27(14-12-25)32(30,31)20-7-3-9-24-16-20/h2-10,15-16H,11-14,17H2,1H3. The number of carbonyl (C=O) groups is 1. The van der Waals surface area contributed by atoms with E-state index >= 15 is 0 Å². The van der Waals surface area contributed by atoms with Gasteiger partial charge in [0, 0.05) is 44.8 Å². The summed E-state index contributed by atoms with van der Waals surface area (Å²) < 4.78 is 28.4. The first-order chi connectivity index (χ1) is 15.4. The summed E-state index contributed by atoms with van der Waals surface area (Å²) in [7, 11) is -3.66. The third kappa shape index (κ3) is 4.49. The second-order valence-corrected chi connectivity index (χ2v) is 9.67. The van der Waals surface area contributed by atoms with Gasteiger partial charge in [-0.25, -0.2) is 8.42 Å². The molecule has 166 valence electrons. The lowest BCUT2D eigenvalue weighted by Gasteiger charge is -2.33. The van der Waals surface area contributed by atoms with Crippen LogP contribution in [0.2, 0.25) is 0 Å². The Morgan fingerprint density at radius 3 is 2.50 bits per heavy atom. The van der Waals surface area contributed by atoms with E-state index in [1.54, 1.807) is 18.3 Å². The molecule has 1 amide bonds. The fourth-order valence-electron chi connectivity index (χ4n) is 3.78. The number of amides is 1. The lowest BCUT2D eigenvalue weighted by Crippen LogP contribution is -2.51. The average Bonchev–Trinajstić information content (AvgIpc) is 2.81. The highest BCUT2D eigenvalue weighted by Crippen LogP contribution is 2.17. The molecule has 0 spiro atoms. The molecule has 0 saturated carbocycles. The Morgan fingerprint density at radius 2 is 1.81 bits per heavy atom. The summed E-state index contributed by atoms with van der Waals surface area (Å²) in [5, 5.41) is 0. The molecule has 0 N–H and O–H groups in total. The molecule has 9 heteroatoms. The first-order valence-electron chi connectivity index (χ1n) is 10.3. The Hall–Kier alpha value is -3.30. The van der Waals surface area contributed by atoms with Crippen LogP contribution in [0.3, 0.4) is 0 Å². The summed E-state index contributed by atoms with van der Waals surface area (Å²) in [5.74, 6) is -0.382. The molecule has 1 aliphatic heterocycles. The summed E-state index contributed by atoms with van der Waals surface area (Å²) in [6, 6.07) is 14.1. The van der Waals surface area contributed by atoms with Crippen LogP contribution < -0.4 is 5.56 Å². The van der Waals surface area contributed by atoms with Gasteiger partial charge in [0.1, 0.15) is 10.5 Å². The number of aromatic nitrogens is 2. The van der Waals surface area contributed by atoms with E-state index in [4.69, 9.17) is 0 Å². The SMILES string of the molecule is Cc1cccc(Cn2cccc(C(=O)N3CCN(S(=O)(=O)c4cccnc4)CC3)c2=O)c1. The van der Waals surface area contributed by atoms with Crippen LogP contribution in [0.15, 0.2) is 76.8 Å². The fourth-order valence-corrected chi connectivity index (χ4v) is 5.17. The van der Waals surface area contributed by atoms with Crippen molar-refractivity contribution in [1.29, 1.82) is 0 Å². The van der Waals surface area contributed by atoms with Crippen LogP contribution >= 0.6 is 0 Å². The maximum Gasteiger partial charge on any atom is 0.263 e. The molecule has 3 heterocycles. The minimum Gasteiger partial charge on any atom is -0.336 e. The summed E-state index contributed by atoms with van der Waals surface area (Å²) in [6.07, 6.45) is 4.49. The van der Waals surface area contributed by atoms with Gasteiger partial charge in [0.15, 0.2) is 0 Å². The Morgan fingerprint density at radius 1 is 1.03 bits per heavy atom. The molecule has 8 nitrogen and oxygen atoms in total. The molecule has 0 aliphatic carbocycles. The molecule has 0 radical (unpaired) electrons. The number of benzene rings is 1. The molecular weight excluding hydrogens is 428 g/mol. The van der Waals surface area contributed by atoms with E-state index in [2.05, 4.69) is 4.98 Å². The quantitative estimate of drug-likeness (QED) is 0.588. The fraction of sp³-hybridized carbons (Fsp3) is 0.261. The van der Waals surface area contributed by atoms with Crippen molar-refractivity contribution in [3.63, 3.8) is 0 Å². The normalized spacial score (nSPS) is 15.0. The van der Waals surface area contributed by atoms with Crippen LogP contribution in [0.4, 0.5) is 0 Å². The van der Waals surface area contributed by atoms with E-state index < -0.39 is 10.0 Å². The van der Waals surface area contributed by atoms with Crippen molar-refractivity contribution < 1.29 is 13.2 Å². The molecule has 1 saturated heterocycles. The summed E-state index contributed by atoms with van der Waals surface area (Å²) in [5.41, 5.74) is 1.81. The van der Waals surface area contributed by atoms with E-state index in [1.807, 2.05) is 31.2 Å². The van der Waals surface area contributed by atoms with Crippen molar-refractivity contribution in [2.75, 3.05) is 26.2 Å². The number of nitrogens with zero attached hydrogens (tertiary/aromatic N) is 4. The van der Waals surface area contributed by atoms with Crippen molar-refractivity contribution in [3.8, 4) is 0 Å². The van der Waals surface area contributed by atoms with Crippen molar-refractivity contribution >= 4 is 15.9 Å². The van der Waals surface area contributed by atoms with Gasteiger partial charge in [-0.2, -0.15) is 4.31 Å². The minimum absolute atomic E-state index is 0.0868.